The molecule has 2 unspecified atom stereocenters. The van der Waals surface area contributed by atoms with Gasteiger partial charge in [-0.05, 0) is 62.4 Å². The number of rotatable bonds is 7. The Morgan fingerprint density at radius 1 is 1.31 bits per heavy atom. The Bertz CT molecular complexity index is 535. The van der Waals surface area contributed by atoms with E-state index in [4.69, 9.17) is 4.74 Å². The molecule has 1 aliphatic heterocycles. The van der Waals surface area contributed by atoms with Gasteiger partial charge in [-0.15, -0.1) is 24.0 Å². The lowest BCUT2D eigenvalue weighted by atomic mass is 9.98. The molecule has 1 saturated heterocycles. The van der Waals surface area contributed by atoms with E-state index in [0.29, 0.717) is 5.92 Å². The Morgan fingerprint density at radius 2 is 2.04 bits per heavy atom. The first-order valence-electron chi connectivity index (χ1n) is 9.39. The smallest absolute Gasteiger partial charge is 0.190 e. The van der Waals surface area contributed by atoms with Crippen LogP contribution in [0.2, 0.25) is 0 Å². The lowest BCUT2D eigenvalue weighted by Gasteiger charge is -2.30. The van der Waals surface area contributed by atoms with Crippen LogP contribution in [0.4, 0.5) is 0 Å². The van der Waals surface area contributed by atoms with Crippen molar-refractivity contribution in [3.63, 3.8) is 0 Å². The summed E-state index contributed by atoms with van der Waals surface area (Å²) in [4.78, 5) is 6.77. The Balaban J connectivity index is 0.00000338. The molecule has 6 heteroatoms. The molecule has 2 N–H and O–H groups in total. The molecule has 26 heavy (non-hydrogen) atoms. The van der Waals surface area contributed by atoms with Gasteiger partial charge in [-0.2, -0.15) is 0 Å². The second-order valence-electron chi connectivity index (χ2n) is 7.11. The molecule has 1 aromatic rings. The van der Waals surface area contributed by atoms with Crippen LogP contribution in [-0.2, 0) is 0 Å². The van der Waals surface area contributed by atoms with Gasteiger partial charge >= 0.3 is 0 Å². The average molecular weight is 474 g/mol. The van der Waals surface area contributed by atoms with Crippen LogP contribution in [0.25, 0.3) is 0 Å². The summed E-state index contributed by atoms with van der Waals surface area (Å²) in [7, 11) is 5.75. The largest absolute Gasteiger partial charge is 0.497 e. The number of ether oxygens (including phenoxy) is 1. The van der Waals surface area contributed by atoms with Crippen molar-refractivity contribution in [3.8, 4) is 5.75 Å². The van der Waals surface area contributed by atoms with Crippen LogP contribution in [0, 0.1) is 5.92 Å². The number of nitrogens with zero attached hydrogens (tertiary/aromatic N) is 2. The van der Waals surface area contributed by atoms with E-state index in [0.717, 1.165) is 37.1 Å². The molecular formula is C20H35IN4O. The molecule has 0 amide bonds. The van der Waals surface area contributed by atoms with E-state index >= 15 is 0 Å². The molecule has 0 spiro atoms. The monoisotopic (exact) mass is 474 g/mol. The van der Waals surface area contributed by atoms with Crippen molar-refractivity contribution in [1.82, 2.24) is 15.5 Å². The number of hydrogen-bond acceptors (Lipinski definition) is 3. The molecule has 1 aromatic carbocycles. The first-order valence-corrected chi connectivity index (χ1v) is 9.39. The third kappa shape index (κ3) is 7.70. The van der Waals surface area contributed by atoms with Crippen LogP contribution in [0.3, 0.4) is 0 Å². The Hall–Kier alpha value is -1.02. The van der Waals surface area contributed by atoms with E-state index in [9.17, 15) is 0 Å². The highest BCUT2D eigenvalue weighted by Gasteiger charge is 2.17. The molecule has 1 heterocycles. The van der Waals surface area contributed by atoms with Gasteiger partial charge in [0.05, 0.1) is 7.11 Å². The molecule has 2 atom stereocenters. The number of hydrogen-bond donors (Lipinski definition) is 2. The van der Waals surface area contributed by atoms with Gasteiger partial charge in [0.2, 0.25) is 0 Å². The average Bonchev–Trinajstić information content (AvgIpc) is 2.64. The summed E-state index contributed by atoms with van der Waals surface area (Å²) < 4.78 is 5.22. The molecule has 0 radical (unpaired) electrons. The van der Waals surface area contributed by atoms with E-state index < -0.39 is 0 Å². The standard InChI is InChI=1S/C20H34N4O.HI/c1-16(18-7-9-19(25-4)10-8-18)11-12-22-20(21-2)23-14-17-6-5-13-24(3)15-17;/h7-10,16-17H,5-6,11-15H2,1-4H3,(H2,21,22,23);1H. The first-order chi connectivity index (χ1) is 12.1. The summed E-state index contributed by atoms with van der Waals surface area (Å²) in [6.45, 7) is 6.58. The number of guanidine groups is 1. The zero-order valence-corrected chi connectivity index (χ0v) is 19.0. The van der Waals surface area contributed by atoms with Gasteiger partial charge in [-0.3, -0.25) is 4.99 Å². The number of piperidine rings is 1. The van der Waals surface area contributed by atoms with Gasteiger partial charge in [0.1, 0.15) is 5.75 Å². The lowest BCUT2D eigenvalue weighted by molar-refractivity contribution is 0.210. The maximum Gasteiger partial charge on any atom is 0.190 e. The van der Waals surface area contributed by atoms with E-state index in [2.05, 4.69) is 46.6 Å². The molecule has 5 nitrogen and oxygen atoms in total. The number of benzene rings is 1. The van der Waals surface area contributed by atoms with Crippen LogP contribution < -0.4 is 15.4 Å². The number of nitrogens with one attached hydrogen (secondary N) is 2. The Labute approximate surface area is 176 Å². The molecule has 1 fully saturated rings. The summed E-state index contributed by atoms with van der Waals surface area (Å²) in [5, 5.41) is 6.93. The summed E-state index contributed by atoms with van der Waals surface area (Å²) in [5.74, 6) is 3.04. The molecule has 148 valence electrons. The predicted molar refractivity (Wildman–Crippen MR) is 121 cm³/mol. The van der Waals surface area contributed by atoms with Gasteiger partial charge in [-0.1, -0.05) is 19.1 Å². The van der Waals surface area contributed by atoms with Crippen molar-refractivity contribution in [2.24, 2.45) is 10.9 Å². The molecule has 1 aliphatic rings. The molecule has 0 aromatic heterocycles. The fraction of sp³-hybridized carbons (Fsp3) is 0.650. The van der Waals surface area contributed by atoms with Crippen molar-refractivity contribution in [2.45, 2.75) is 32.1 Å². The topological polar surface area (TPSA) is 48.9 Å². The number of likely N-dealkylation sites (tertiary alicyclic amines) is 1. The third-order valence-corrected chi connectivity index (χ3v) is 5.06. The third-order valence-electron chi connectivity index (χ3n) is 5.06. The fourth-order valence-electron chi connectivity index (χ4n) is 3.41. The molecule has 0 saturated carbocycles. The van der Waals surface area contributed by atoms with Crippen LogP contribution in [-0.4, -0.2) is 58.2 Å². The lowest BCUT2D eigenvalue weighted by Crippen LogP contribution is -2.43. The van der Waals surface area contributed by atoms with E-state index in [1.54, 1.807) is 7.11 Å². The van der Waals surface area contributed by atoms with Crippen molar-refractivity contribution >= 4 is 29.9 Å². The first kappa shape index (κ1) is 23.0. The SMILES string of the molecule is CN=C(NCCC(C)c1ccc(OC)cc1)NCC1CCCN(C)C1.I. The minimum atomic E-state index is 0. The minimum Gasteiger partial charge on any atom is -0.497 e. The summed E-state index contributed by atoms with van der Waals surface area (Å²) >= 11 is 0. The van der Waals surface area contributed by atoms with Crippen molar-refractivity contribution < 1.29 is 4.74 Å². The van der Waals surface area contributed by atoms with Gasteiger partial charge in [0.25, 0.3) is 0 Å². The van der Waals surface area contributed by atoms with Crippen molar-refractivity contribution in [2.75, 3.05) is 47.4 Å². The molecular weight excluding hydrogens is 439 g/mol. The molecule has 0 aliphatic carbocycles. The highest BCUT2D eigenvalue weighted by molar-refractivity contribution is 14.0. The summed E-state index contributed by atoms with van der Waals surface area (Å²) in [6, 6.07) is 8.36. The van der Waals surface area contributed by atoms with Crippen LogP contribution in [0.15, 0.2) is 29.3 Å². The fourth-order valence-corrected chi connectivity index (χ4v) is 3.41. The molecule has 0 bridgehead atoms. The number of aliphatic imine (C=N–C) groups is 1. The Morgan fingerprint density at radius 3 is 2.65 bits per heavy atom. The summed E-state index contributed by atoms with van der Waals surface area (Å²) in [6.07, 6.45) is 3.68. The van der Waals surface area contributed by atoms with Gasteiger partial charge in [0.15, 0.2) is 5.96 Å². The maximum atomic E-state index is 5.22. The van der Waals surface area contributed by atoms with Gasteiger partial charge in [-0.25, -0.2) is 0 Å². The van der Waals surface area contributed by atoms with Crippen LogP contribution in [0.5, 0.6) is 5.75 Å². The second kappa shape index (κ2) is 12.4. The van der Waals surface area contributed by atoms with Crippen molar-refractivity contribution in [3.05, 3.63) is 29.8 Å². The number of halogens is 1. The van der Waals surface area contributed by atoms with Gasteiger partial charge < -0.3 is 20.3 Å². The minimum absolute atomic E-state index is 0. The van der Waals surface area contributed by atoms with E-state index in [1.165, 1.54) is 31.5 Å². The van der Waals surface area contributed by atoms with E-state index in [-0.39, 0.29) is 24.0 Å². The highest BCUT2D eigenvalue weighted by atomic mass is 127. The molecule has 2 rings (SSSR count). The van der Waals surface area contributed by atoms with E-state index in [1.807, 2.05) is 19.2 Å². The van der Waals surface area contributed by atoms with Crippen LogP contribution in [0.1, 0.15) is 37.7 Å². The maximum absolute atomic E-state index is 5.22. The second-order valence-corrected chi connectivity index (χ2v) is 7.11. The quantitative estimate of drug-likeness (QED) is 0.362. The zero-order chi connectivity index (χ0) is 18.1. The summed E-state index contributed by atoms with van der Waals surface area (Å²) in [5.41, 5.74) is 1.34. The van der Waals surface area contributed by atoms with Crippen molar-refractivity contribution in [1.29, 1.82) is 0 Å². The normalized spacial score (nSPS) is 19.4. The van der Waals surface area contributed by atoms with Crippen LogP contribution >= 0.6 is 24.0 Å². The van der Waals surface area contributed by atoms with Gasteiger partial charge in [0, 0.05) is 26.7 Å². The highest BCUT2D eigenvalue weighted by Crippen LogP contribution is 2.21. The zero-order valence-electron chi connectivity index (χ0n) is 16.6. The number of methoxy groups -OCH3 is 1. The Kier molecular flexibility index (Phi) is 11.0. The predicted octanol–water partition coefficient (Wildman–Crippen LogP) is 3.31.